The minimum Gasteiger partial charge on any atom is -0.491 e. The molecule has 0 saturated heterocycles. The number of benzene rings is 3. The summed E-state index contributed by atoms with van der Waals surface area (Å²) >= 11 is 6.14. The van der Waals surface area contributed by atoms with Gasteiger partial charge in [-0.15, -0.1) is 0 Å². The number of carboxylic acids is 1. The van der Waals surface area contributed by atoms with Crippen molar-refractivity contribution in [2.45, 2.75) is 19.9 Å². The molecule has 0 unspecified atom stereocenters. The first-order valence-electron chi connectivity index (χ1n) is 12.9. The first-order chi connectivity index (χ1) is 19.8. The van der Waals surface area contributed by atoms with Gasteiger partial charge in [0.1, 0.15) is 24.8 Å². The van der Waals surface area contributed by atoms with Crippen LogP contribution in [0.1, 0.15) is 27.9 Å². The summed E-state index contributed by atoms with van der Waals surface area (Å²) in [7, 11) is 0. The van der Waals surface area contributed by atoms with Gasteiger partial charge in [-0.05, 0) is 49.7 Å². The highest BCUT2D eigenvalue weighted by Gasteiger charge is 2.26. The molecule has 11 heteroatoms. The van der Waals surface area contributed by atoms with Crippen LogP contribution in [0.3, 0.4) is 0 Å². The molecule has 212 valence electrons. The van der Waals surface area contributed by atoms with Crippen LogP contribution < -0.4 is 14.4 Å². The van der Waals surface area contributed by atoms with Gasteiger partial charge in [-0.2, -0.15) is 5.10 Å². The van der Waals surface area contributed by atoms with Gasteiger partial charge in [0.2, 0.25) is 0 Å². The summed E-state index contributed by atoms with van der Waals surface area (Å²) in [5.41, 5.74) is 2.96. The molecule has 3 aromatic carbocycles. The van der Waals surface area contributed by atoms with Gasteiger partial charge in [0.25, 0.3) is 0 Å². The number of amides is 1. The molecule has 4 aromatic rings. The van der Waals surface area contributed by atoms with E-state index in [-0.39, 0.29) is 30.9 Å². The second-order valence-corrected chi connectivity index (χ2v) is 9.78. The molecule has 0 bridgehead atoms. The number of para-hydroxylation sites is 1. The molecule has 1 aliphatic rings. The molecule has 0 fully saturated rings. The lowest BCUT2D eigenvalue weighted by Crippen LogP contribution is -2.33. The number of nitrogens with zero attached hydrogens (tertiary/aromatic N) is 3. The Balaban J connectivity index is 1.30. The third-order valence-electron chi connectivity index (χ3n) is 6.63. The number of carboxylic acid groups (broad SMARTS) is 1. The zero-order valence-electron chi connectivity index (χ0n) is 22.2. The predicted octanol–water partition coefficient (Wildman–Crippen LogP) is 6.20. The second-order valence-electron chi connectivity index (χ2n) is 9.37. The Bertz CT molecular complexity index is 1590. The normalized spacial score (nSPS) is 12.7. The molecule has 41 heavy (non-hydrogen) atoms. The lowest BCUT2D eigenvalue weighted by molar-refractivity contribution is 0.0696. The Morgan fingerprint density at radius 2 is 1.98 bits per heavy atom. The van der Waals surface area contributed by atoms with Crippen LogP contribution in [0, 0.1) is 12.7 Å². The van der Waals surface area contributed by atoms with Gasteiger partial charge < -0.3 is 19.3 Å². The van der Waals surface area contributed by atoms with Gasteiger partial charge in [0.05, 0.1) is 30.6 Å². The molecule has 2 heterocycles. The van der Waals surface area contributed by atoms with Gasteiger partial charge >= 0.3 is 12.1 Å². The van der Waals surface area contributed by atoms with Crippen LogP contribution in [0.15, 0.2) is 67.0 Å². The van der Waals surface area contributed by atoms with Gasteiger partial charge in [0.15, 0.2) is 5.75 Å². The molecule has 1 N–H and O–H groups in total. The number of hydrogen-bond acceptors (Lipinski definition) is 6. The molecule has 0 saturated carbocycles. The number of aromatic carboxylic acids is 1. The third-order valence-corrected chi connectivity index (χ3v) is 7.04. The van der Waals surface area contributed by atoms with Crippen molar-refractivity contribution in [3.63, 3.8) is 0 Å². The van der Waals surface area contributed by atoms with E-state index < -0.39 is 17.9 Å². The van der Waals surface area contributed by atoms with Crippen LogP contribution in [-0.4, -0.2) is 53.3 Å². The lowest BCUT2D eigenvalue weighted by atomic mass is 10.1. The van der Waals surface area contributed by atoms with Gasteiger partial charge in [-0.25, -0.2) is 14.0 Å². The van der Waals surface area contributed by atoms with Crippen molar-refractivity contribution in [2.75, 3.05) is 31.3 Å². The molecule has 0 aliphatic carbocycles. The van der Waals surface area contributed by atoms with E-state index in [1.165, 1.54) is 21.7 Å². The molecular weight excluding hydrogens is 553 g/mol. The van der Waals surface area contributed by atoms with Crippen molar-refractivity contribution in [3.8, 4) is 22.6 Å². The molecule has 0 radical (unpaired) electrons. The molecule has 0 atom stereocenters. The highest BCUT2D eigenvalue weighted by atomic mass is 35.5. The fourth-order valence-electron chi connectivity index (χ4n) is 4.52. The van der Waals surface area contributed by atoms with Gasteiger partial charge in [-0.3, -0.25) is 9.58 Å². The first kappa shape index (κ1) is 28.0. The maximum absolute atomic E-state index is 14.4. The summed E-state index contributed by atoms with van der Waals surface area (Å²) in [6.45, 7) is 2.91. The van der Waals surface area contributed by atoms with Crippen molar-refractivity contribution in [3.05, 3.63) is 94.5 Å². The van der Waals surface area contributed by atoms with E-state index >= 15 is 0 Å². The Morgan fingerprint density at radius 1 is 1.15 bits per heavy atom. The van der Waals surface area contributed by atoms with Crippen molar-refractivity contribution in [2.24, 2.45) is 0 Å². The fraction of sp³-hybridized carbons (Fsp3) is 0.233. The van der Waals surface area contributed by atoms with E-state index in [0.717, 1.165) is 11.6 Å². The Hall–Kier alpha value is -4.57. The van der Waals surface area contributed by atoms with Crippen LogP contribution in [0.5, 0.6) is 11.5 Å². The number of carbonyl (C=O) groups excluding carboxylic acids is 1. The smallest absolute Gasteiger partial charge is 0.414 e. The van der Waals surface area contributed by atoms with Crippen LogP contribution in [0.25, 0.3) is 11.1 Å². The molecule has 5 rings (SSSR count). The first-order valence-corrected chi connectivity index (χ1v) is 13.3. The highest BCUT2D eigenvalue weighted by molar-refractivity contribution is 6.31. The Morgan fingerprint density at radius 3 is 2.80 bits per heavy atom. The van der Waals surface area contributed by atoms with Crippen molar-refractivity contribution >= 4 is 29.4 Å². The molecule has 0 spiro atoms. The molecular formula is C30H27ClFN3O6. The van der Waals surface area contributed by atoms with Crippen LogP contribution in [0.4, 0.5) is 14.9 Å². The van der Waals surface area contributed by atoms with E-state index in [1.807, 2.05) is 19.1 Å². The summed E-state index contributed by atoms with van der Waals surface area (Å²) in [6, 6.07) is 14.5. The van der Waals surface area contributed by atoms with Crippen LogP contribution in [0.2, 0.25) is 5.02 Å². The molecule has 9 nitrogen and oxygen atoms in total. The number of ether oxygens (including phenoxy) is 3. The Labute approximate surface area is 240 Å². The average molecular weight is 580 g/mol. The zero-order chi connectivity index (χ0) is 28.9. The topological polar surface area (TPSA) is 103 Å². The molecule has 1 amide bonds. The number of fused-ring (bicyclic) bond motifs is 1. The molecule has 1 aromatic heterocycles. The highest BCUT2D eigenvalue weighted by Crippen LogP contribution is 2.40. The van der Waals surface area contributed by atoms with E-state index in [2.05, 4.69) is 5.10 Å². The number of rotatable bonds is 8. The molecule has 1 aliphatic heterocycles. The number of halogens is 2. The fourth-order valence-corrected chi connectivity index (χ4v) is 4.68. The summed E-state index contributed by atoms with van der Waals surface area (Å²) in [5, 5.41) is 14.2. The van der Waals surface area contributed by atoms with Crippen molar-refractivity contribution in [1.29, 1.82) is 0 Å². The van der Waals surface area contributed by atoms with E-state index in [0.29, 0.717) is 52.9 Å². The SMILES string of the molecule is Cc1c(Cl)cccc1OCCOC(=O)N1CCCOc2c(-c3cnn(Cc4cc(C(=O)O)ccc4F)c3)cccc21. The second kappa shape index (κ2) is 12.3. The minimum absolute atomic E-state index is 0.00586. The maximum atomic E-state index is 14.4. The third kappa shape index (κ3) is 6.28. The minimum atomic E-state index is -1.14. The quantitative estimate of drug-likeness (QED) is 0.248. The van der Waals surface area contributed by atoms with Crippen LogP contribution in [-0.2, 0) is 11.3 Å². The van der Waals surface area contributed by atoms with Gasteiger partial charge in [-0.1, -0.05) is 29.8 Å². The van der Waals surface area contributed by atoms with E-state index in [4.69, 9.17) is 25.8 Å². The zero-order valence-corrected chi connectivity index (χ0v) is 22.9. The lowest BCUT2D eigenvalue weighted by Gasteiger charge is -2.22. The van der Waals surface area contributed by atoms with Crippen molar-refractivity contribution < 1.29 is 33.3 Å². The summed E-state index contributed by atoms with van der Waals surface area (Å²) in [6.07, 6.45) is 3.40. The summed E-state index contributed by atoms with van der Waals surface area (Å²) in [5.74, 6) is -0.523. The largest absolute Gasteiger partial charge is 0.491 e. The number of aromatic nitrogens is 2. The number of hydrogen-bond donors (Lipinski definition) is 1. The predicted molar refractivity (Wildman–Crippen MR) is 151 cm³/mol. The average Bonchev–Trinajstić information content (AvgIpc) is 3.31. The number of carbonyl (C=O) groups is 2. The van der Waals surface area contributed by atoms with Crippen LogP contribution >= 0.6 is 11.6 Å². The van der Waals surface area contributed by atoms with E-state index in [1.54, 1.807) is 36.7 Å². The summed E-state index contributed by atoms with van der Waals surface area (Å²) < 4.78 is 33.2. The maximum Gasteiger partial charge on any atom is 0.414 e. The Kier molecular flexibility index (Phi) is 8.39. The standard InChI is InChI=1S/C30H27ClFN3O6/c1-19-24(31)6-3-8-27(19)39-13-14-41-30(38)35-11-4-12-40-28-23(5-2-7-26(28)35)22-16-33-34(18-22)17-21-15-20(29(36)37)9-10-25(21)32/h2-3,5-10,15-16,18H,4,11-14,17H2,1H3,(H,36,37). The van der Waals surface area contributed by atoms with E-state index in [9.17, 15) is 19.1 Å². The number of anilines is 1. The van der Waals surface area contributed by atoms with Crippen molar-refractivity contribution in [1.82, 2.24) is 9.78 Å². The monoisotopic (exact) mass is 579 g/mol. The van der Waals surface area contributed by atoms with Gasteiger partial charge in [0, 0.05) is 40.0 Å². The summed E-state index contributed by atoms with van der Waals surface area (Å²) in [4.78, 5) is 25.9.